The number of aliphatic hydroxyl groups is 4. The maximum Gasteiger partial charge on any atom is 0.335 e. The number of carboxylic acid groups (broad SMARTS) is 2. The van der Waals surface area contributed by atoms with Crippen LogP contribution >= 0.6 is 46.4 Å². The van der Waals surface area contributed by atoms with Crippen molar-refractivity contribution in [3.63, 3.8) is 0 Å². The molecule has 3 saturated heterocycles. The van der Waals surface area contributed by atoms with Crippen LogP contribution in [-0.2, 0) is 80.9 Å². The lowest BCUT2D eigenvalue weighted by atomic mass is 9.57. The molecule has 0 radical (unpaired) electrons. The van der Waals surface area contributed by atoms with Crippen molar-refractivity contribution in [1.29, 1.82) is 0 Å². The largest absolute Gasteiger partial charge is 0.479 e. The third-order valence-electron chi connectivity index (χ3n) is 27.2. The summed E-state index contributed by atoms with van der Waals surface area (Å²) in [7, 11) is 8.25. The summed E-state index contributed by atoms with van der Waals surface area (Å²) in [6.07, 6.45) is 32.3. The molecular formula is C95H116Cl4N2O24. The molecule has 4 aliphatic heterocycles. The van der Waals surface area contributed by atoms with E-state index in [2.05, 4.69) is 23.2 Å². The Morgan fingerprint density at radius 1 is 0.632 bits per heavy atom. The second kappa shape index (κ2) is 41.6. The summed E-state index contributed by atoms with van der Waals surface area (Å²) in [5, 5.41) is 63.7. The molecule has 13 aliphatic rings. The van der Waals surface area contributed by atoms with Gasteiger partial charge in [-0.25, -0.2) is 28.8 Å². The normalized spacial score (nSPS) is 36.3. The highest BCUT2D eigenvalue weighted by Gasteiger charge is 2.72. The van der Waals surface area contributed by atoms with Gasteiger partial charge in [0.1, 0.15) is 59.7 Å². The number of ether oxygens (including phenoxy) is 10. The van der Waals surface area contributed by atoms with E-state index in [1.54, 1.807) is 37.5 Å². The van der Waals surface area contributed by atoms with Crippen molar-refractivity contribution < 1.29 is 116 Å². The maximum atomic E-state index is 12.9. The molecule has 2 aromatic rings. The summed E-state index contributed by atoms with van der Waals surface area (Å²) >= 11 is 22.1. The van der Waals surface area contributed by atoms with Gasteiger partial charge >= 0.3 is 35.8 Å². The molecule has 0 unspecified atom stereocenters. The summed E-state index contributed by atoms with van der Waals surface area (Å²) < 4.78 is 59.9. The Hall–Kier alpha value is -8.03. The second-order valence-corrected chi connectivity index (χ2v) is 36.6. The van der Waals surface area contributed by atoms with Crippen molar-refractivity contribution in [1.82, 2.24) is 4.98 Å². The van der Waals surface area contributed by atoms with E-state index in [0.717, 1.165) is 23.0 Å². The van der Waals surface area contributed by atoms with Crippen molar-refractivity contribution in [3.8, 4) is 0 Å². The van der Waals surface area contributed by atoms with Crippen molar-refractivity contribution >= 4 is 99.4 Å². The molecule has 0 amide bonds. The van der Waals surface area contributed by atoms with Crippen LogP contribution in [0, 0.1) is 88.8 Å². The zero-order chi connectivity index (χ0) is 91.2. The molecule has 5 heterocycles. The van der Waals surface area contributed by atoms with Crippen LogP contribution in [0.4, 0.5) is 5.69 Å². The van der Waals surface area contributed by atoms with Crippen molar-refractivity contribution in [2.75, 3.05) is 53.5 Å². The van der Waals surface area contributed by atoms with Gasteiger partial charge in [0.05, 0.1) is 40.5 Å². The second-order valence-electron chi connectivity index (χ2n) is 35.0. The fraction of sp³-hybridized carbons (Fsp3) is 0.547. The number of carboxylic acids is 2. The minimum Gasteiger partial charge on any atom is -0.479 e. The Balaban J connectivity index is 0.000000163. The van der Waals surface area contributed by atoms with Crippen LogP contribution in [0.2, 0.25) is 15.1 Å². The van der Waals surface area contributed by atoms with Crippen molar-refractivity contribution in [3.05, 3.63) is 200 Å². The molecule has 678 valence electrons. The first kappa shape index (κ1) is 97.6. The average Bonchev–Trinajstić information content (AvgIpc) is 1.55. The number of pyridine rings is 1. The summed E-state index contributed by atoms with van der Waals surface area (Å²) in [6, 6.07) is 6.76. The molecule has 30 atom stereocenters. The van der Waals surface area contributed by atoms with Gasteiger partial charge in [0.25, 0.3) is 5.24 Å². The number of cyclic esters (lactones) is 1. The molecule has 30 heteroatoms. The van der Waals surface area contributed by atoms with Crippen LogP contribution in [0.5, 0.6) is 0 Å². The highest BCUT2D eigenvalue weighted by molar-refractivity contribution is 6.70. The standard InChI is InChI=1S/C27H36O8.C27H34O8.C27H34O7.C7H2Cl4O.C7H10N2/c2*1-14(13-28)11-15(2)27-18(12-20(33-4)25(30)31)9-10-19-21(27)22(29)16(3)23(24(19)35-27)34-26(32)17-7-5-6-8-17;1-14-11-15(2)27-18(12-20(31-4)26(30)32-13-14)9-10-19-21(27)22(28)16(3)23(24(19)34-27)33-25(29)17-7-5-6-8-17;8-3-1-4(9)6(7(11)12)5(10)2-3;1-9(2)7-3-5-8-6-4-7/h5-7,9-11,14,16,18-24,28-29H,8,12-13H2,1-4H3,(H,30,31);5-7,9-11,13-14,16,18-24,29H,8,12H2,1-4H3,(H,30,31);5-7,9-11,14,16,18-24,28H,8,12-13H2,1-4H3;1-2H;3-6H,1-2H3/b3*15-11+;;/t3*14-,16-,18-,19-,20+,21+,22-,23-,24-,27+;;/m111../s1. The first-order valence-corrected chi connectivity index (χ1v) is 44.0. The number of aromatic nitrogens is 1. The van der Waals surface area contributed by atoms with E-state index in [-0.39, 0.29) is 131 Å². The number of hydrogen-bond acceptors (Lipinski definition) is 24. The SMILES string of the molecule is CN(C)c1ccncc1.CO[C@@H](C[C@H]1C=C[C@H]2[C@H]3O[C@]1(/C(C)=C/[C@@H](C)C=O)[C@@H]2[C@H](O)[C@@H](C)[C@H]3OC(=O)C1=CC=CC1)C(=O)O.CO[C@@H](C[C@H]1C=C[C@H]2[C@H]3O[C@]1(/C(C)=C/[C@@H](C)CO)[C@@H]2[C@H](O)[C@@H](C)[C@H]3OC(=O)C1=CC=CC1)C(=O)O.CO[C@H]1C[C@H]2C=C[C@H]3[C@H]4O[C@]2(/C(C)=C/[C@@H](C)COC1=O)[C@@H]3[C@H](O)[C@@H](C)[C@H]4OC(=O)C1=CC=CC1.O=C(Cl)c1c(Cl)cc(Cl)cc1Cl. The number of benzene rings is 1. The number of hydrogen-bond donors (Lipinski definition) is 6. The van der Waals surface area contributed by atoms with Gasteiger partial charge in [-0.05, 0) is 118 Å². The number of allylic oxidation sites excluding steroid dienone is 10. The summed E-state index contributed by atoms with van der Waals surface area (Å²) in [6.45, 7) is 17.3. The molecule has 26 nitrogen and oxygen atoms in total. The van der Waals surface area contributed by atoms with Gasteiger partial charge in [-0.3, -0.25) is 9.78 Å². The lowest BCUT2D eigenvalue weighted by Crippen LogP contribution is -2.57. The molecule has 15 rings (SSSR count). The van der Waals surface area contributed by atoms with Crippen LogP contribution in [-0.4, -0.2) is 222 Å². The van der Waals surface area contributed by atoms with E-state index in [0.29, 0.717) is 47.4 Å². The summed E-state index contributed by atoms with van der Waals surface area (Å²) in [5.41, 5.74) is 2.72. The molecule has 3 saturated carbocycles. The maximum absolute atomic E-state index is 12.9. The topological polar surface area (TPSA) is 366 Å². The number of esters is 4. The van der Waals surface area contributed by atoms with E-state index in [9.17, 15) is 69.0 Å². The minimum atomic E-state index is -1.08. The van der Waals surface area contributed by atoms with Gasteiger partial charge in [0, 0.05) is 165 Å². The zero-order valence-electron chi connectivity index (χ0n) is 72.6. The fourth-order valence-corrected chi connectivity index (χ4v) is 22.2. The van der Waals surface area contributed by atoms with Crippen LogP contribution in [0.3, 0.4) is 0 Å². The number of carbonyl (C=O) groups excluding carboxylic acids is 6. The summed E-state index contributed by atoms with van der Waals surface area (Å²) in [4.78, 5) is 103. The number of nitrogens with zero attached hydrogens (tertiary/aromatic N) is 2. The molecule has 6 N–H and O–H groups in total. The zero-order valence-corrected chi connectivity index (χ0v) is 75.6. The first-order valence-electron chi connectivity index (χ1n) is 42.5. The molecule has 6 fully saturated rings. The van der Waals surface area contributed by atoms with Crippen LogP contribution in [0.15, 0.2) is 179 Å². The van der Waals surface area contributed by atoms with E-state index in [4.69, 9.17) is 93.8 Å². The van der Waals surface area contributed by atoms with E-state index in [1.807, 2.05) is 159 Å². The Morgan fingerprint density at radius 3 is 1.44 bits per heavy atom. The number of carbonyl (C=O) groups is 8. The molecular weight excluding hydrogens is 1690 g/mol. The van der Waals surface area contributed by atoms with Gasteiger partial charge in [-0.2, -0.15) is 0 Å². The lowest BCUT2D eigenvalue weighted by Gasteiger charge is -2.48. The Labute approximate surface area is 749 Å². The highest BCUT2D eigenvalue weighted by atomic mass is 35.5. The van der Waals surface area contributed by atoms with Crippen LogP contribution in [0.25, 0.3) is 0 Å². The van der Waals surface area contributed by atoms with Gasteiger partial charge < -0.3 is 87.7 Å². The number of aliphatic hydroxyl groups excluding tert-OH is 4. The number of anilines is 1. The number of halogens is 4. The Kier molecular flexibility index (Phi) is 32.5. The van der Waals surface area contributed by atoms with Crippen molar-refractivity contribution in [2.45, 2.75) is 191 Å². The van der Waals surface area contributed by atoms with Gasteiger partial charge in [0.2, 0.25) is 0 Å². The molecule has 1 aromatic carbocycles. The monoisotopic (exact) mass is 1810 g/mol. The smallest absolute Gasteiger partial charge is 0.335 e. The predicted octanol–water partition coefficient (Wildman–Crippen LogP) is 13.1. The average molecular weight is 1810 g/mol. The fourth-order valence-electron chi connectivity index (χ4n) is 20.9. The van der Waals surface area contributed by atoms with Gasteiger partial charge in [0.15, 0.2) is 18.3 Å². The minimum absolute atomic E-state index is 0.0204. The Morgan fingerprint density at radius 2 is 1.06 bits per heavy atom. The van der Waals surface area contributed by atoms with E-state index in [1.165, 1.54) is 39.1 Å². The molecule has 1 aromatic heterocycles. The molecule has 12 bridgehead atoms. The molecule has 125 heavy (non-hydrogen) atoms. The van der Waals surface area contributed by atoms with Crippen molar-refractivity contribution in [2.24, 2.45) is 88.8 Å². The van der Waals surface area contributed by atoms with Gasteiger partial charge in [-0.1, -0.05) is 186 Å². The van der Waals surface area contributed by atoms with E-state index >= 15 is 0 Å². The molecule has 9 aliphatic carbocycles. The van der Waals surface area contributed by atoms with Crippen LogP contribution in [0.1, 0.15) is 111 Å². The third-order valence-corrected chi connectivity index (χ3v) is 28.2. The molecule has 1 spiro atoms. The lowest BCUT2D eigenvalue weighted by molar-refractivity contribution is -0.166. The number of aldehydes is 1. The number of rotatable bonds is 23. The summed E-state index contributed by atoms with van der Waals surface area (Å²) in [5.74, 6) is -7.85. The number of methoxy groups -OCH3 is 3. The predicted molar refractivity (Wildman–Crippen MR) is 467 cm³/mol. The quantitative estimate of drug-likeness (QED) is 0.0198. The van der Waals surface area contributed by atoms with E-state index < -0.39 is 131 Å². The highest BCUT2D eigenvalue weighted by Crippen LogP contribution is 2.65. The number of aliphatic carboxylic acids is 2. The van der Waals surface area contributed by atoms with Crippen LogP contribution < -0.4 is 4.90 Å². The Bertz CT molecular complexity index is 4700. The third kappa shape index (κ3) is 19.8. The van der Waals surface area contributed by atoms with Gasteiger partial charge in [-0.15, -0.1) is 0 Å². The first-order chi connectivity index (χ1) is 59.4.